The zero-order valence-electron chi connectivity index (χ0n) is 14.8. The van der Waals surface area contributed by atoms with E-state index in [-0.39, 0.29) is 18.1 Å². The van der Waals surface area contributed by atoms with Gasteiger partial charge in [-0.15, -0.1) is 0 Å². The summed E-state index contributed by atoms with van der Waals surface area (Å²) in [5.41, 5.74) is 2.60. The highest BCUT2D eigenvalue weighted by atomic mass is 35.5. The van der Waals surface area contributed by atoms with Gasteiger partial charge in [-0.05, 0) is 37.1 Å². The number of hydrogen-bond acceptors (Lipinski definition) is 2. The van der Waals surface area contributed by atoms with E-state index < -0.39 is 0 Å². The fraction of sp³-hybridized carbons (Fsp3) is 0.286. The second-order valence-corrected chi connectivity index (χ2v) is 7.11. The molecule has 0 spiro atoms. The number of nitrogens with zero attached hydrogens (tertiary/aromatic N) is 1. The normalized spacial score (nSPS) is 17.0. The number of nitrogens with one attached hydrogen (secondary N) is 1. The molecule has 1 aliphatic heterocycles. The second kappa shape index (κ2) is 6.69. The van der Waals surface area contributed by atoms with E-state index in [1.807, 2.05) is 60.0 Å². The first kappa shape index (κ1) is 17.0. The highest BCUT2D eigenvalue weighted by molar-refractivity contribution is 6.36. The van der Waals surface area contributed by atoms with Gasteiger partial charge in [0, 0.05) is 5.39 Å². The lowest BCUT2D eigenvalue weighted by molar-refractivity contribution is 0.0924. The van der Waals surface area contributed by atoms with Crippen molar-refractivity contribution in [2.75, 3.05) is 0 Å². The minimum absolute atomic E-state index is 0.0531. The first-order valence-electron chi connectivity index (χ1n) is 8.92. The third kappa shape index (κ3) is 2.84. The Morgan fingerprint density at radius 2 is 2.08 bits per heavy atom. The van der Waals surface area contributed by atoms with Crippen molar-refractivity contribution in [1.29, 1.82) is 0 Å². The number of ether oxygens (including phenoxy) is 1. The monoisotopic (exact) mass is 368 g/mol. The summed E-state index contributed by atoms with van der Waals surface area (Å²) in [5.74, 6) is 0.689. The molecule has 0 aliphatic carbocycles. The Kier molecular flexibility index (Phi) is 4.37. The minimum Gasteiger partial charge on any atom is -0.486 e. The number of halogens is 1. The molecule has 0 bridgehead atoms. The maximum absolute atomic E-state index is 13.0. The molecule has 1 aliphatic rings. The molecule has 0 unspecified atom stereocenters. The van der Waals surface area contributed by atoms with Gasteiger partial charge in [0.15, 0.2) is 0 Å². The zero-order valence-corrected chi connectivity index (χ0v) is 15.6. The predicted octanol–water partition coefficient (Wildman–Crippen LogP) is 4.96. The van der Waals surface area contributed by atoms with Crippen LogP contribution in [0, 0.1) is 0 Å². The van der Waals surface area contributed by atoms with Crippen molar-refractivity contribution in [3.05, 3.63) is 64.8 Å². The van der Waals surface area contributed by atoms with Crippen molar-refractivity contribution in [1.82, 2.24) is 9.88 Å². The molecule has 1 N–H and O–H groups in total. The molecule has 3 aromatic rings. The van der Waals surface area contributed by atoms with Gasteiger partial charge in [-0.2, -0.15) is 0 Å². The summed E-state index contributed by atoms with van der Waals surface area (Å²) in [7, 11) is 0. The lowest BCUT2D eigenvalue weighted by atomic mass is 10.1. The largest absolute Gasteiger partial charge is 0.486 e. The molecule has 5 heteroatoms. The van der Waals surface area contributed by atoms with Crippen molar-refractivity contribution < 1.29 is 9.53 Å². The highest BCUT2D eigenvalue weighted by Crippen LogP contribution is 2.38. The number of aromatic nitrogens is 1. The molecule has 1 amide bonds. The summed E-state index contributed by atoms with van der Waals surface area (Å²) in [4.78, 5) is 13.0. The molecule has 4 rings (SSSR count). The van der Waals surface area contributed by atoms with Crippen LogP contribution in [0.2, 0.25) is 5.02 Å². The molecule has 2 heterocycles. The van der Waals surface area contributed by atoms with Gasteiger partial charge in [-0.1, -0.05) is 48.9 Å². The van der Waals surface area contributed by atoms with Crippen molar-refractivity contribution >= 4 is 28.4 Å². The van der Waals surface area contributed by atoms with Gasteiger partial charge in [0.25, 0.3) is 5.91 Å². The first-order chi connectivity index (χ1) is 12.6. The summed E-state index contributed by atoms with van der Waals surface area (Å²) < 4.78 is 8.08. The fourth-order valence-electron chi connectivity index (χ4n) is 3.52. The minimum atomic E-state index is -0.101. The highest BCUT2D eigenvalue weighted by Gasteiger charge is 2.27. The summed E-state index contributed by atoms with van der Waals surface area (Å²) in [6.07, 6.45) is 0.931. The molecule has 4 nitrogen and oxygen atoms in total. The van der Waals surface area contributed by atoms with Gasteiger partial charge in [-0.3, -0.25) is 4.79 Å². The van der Waals surface area contributed by atoms with Gasteiger partial charge < -0.3 is 14.6 Å². The molecule has 0 fully saturated rings. The molecule has 0 saturated heterocycles. The molecular weight excluding hydrogens is 348 g/mol. The topological polar surface area (TPSA) is 43.3 Å². The Balaban J connectivity index is 1.72. The lowest BCUT2D eigenvalue weighted by Gasteiger charge is -2.26. The van der Waals surface area contributed by atoms with Crippen molar-refractivity contribution in [2.24, 2.45) is 0 Å². The van der Waals surface area contributed by atoms with Crippen LogP contribution in [0.15, 0.2) is 48.5 Å². The predicted molar refractivity (Wildman–Crippen MR) is 104 cm³/mol. The number of benzene rings is 2. The number of carbonyl (C=O) groups is 1. The third-order valence-electron chi connectivity index (χ3n) is 4.98. The maximum Gasteiger partial charge on any atom is 0.268 e. The van der Waals surface area contributed by atoms with Crippen LogP contribution in [-0.4, -0.2) is 16.6 Å². The second-order valence-electron chi connectivity index (χ2n) is 6.70. The van der Waals surface area contributed by atoms with E-state index in [9.17, 15) is 4.79 Å². The summed E-state index contributed by atoms with van der Waals surface area (Å²) in [5, 5.41) is 4.59. The Morgan fingerprint density at radius 3 is 2.81 bits per heavy atom. The number of hydrogen-bond donors (Lipinski definition) is 1. The van der Waals surface area contributed by atoms with Gasteiger partial charge in [-0.25, -0.2) is 0 Å². The van der Waals surface area contributed by atoms with E-state index in [0.717, 1.165) is 28.6 Å². The standard InChI is InChI=1S/C21H21ClN2O2/c1-3-15-12-24-18(11-16-17(22)9-10-19(26-15)20(16)24)21(25)23-13(2)14-7-5-4-6-8-14/h4-11,13,15H,3,12H2,1-2H3,(H,23,25)/t13-,15+/m1/s1. The van der Waals surface area contributed by atoms with Crippen LogP contribution >= 0.6 is 11.6 Å². The van der Waals surface area contributed by atoms with E-state index in [0.29, 0.717) is 17.3 Å². The van der Waals surface area contributed by atoms with Crippen LogP contribution in [-0.2, 0) is 6.54 Å². The zero-order chi connectivity index (χ0) is 18.3. The van der Waals surface area contributed by atoms with Gasteiger partial charge in [0.2, 0.25) is 0 Å². The fourth-order valence-corrected chi connectivity index (χ4v) is 3.72. The van der Waals surface area contributed by atoms with Crippen LogP contribution in [0.5, 0.6) is 5.75 Å². The SMILES string of the molecule is CC[C@H]1Cn2c(C(=O)N[C@H](C)c3ccccc3)cc3c(Cl)ccc(c32)O1. The van der Waals surface area contributed by atoms with Crippen molar-refractivity contribution in [2.45, 2.75) is 39.0 Å². The van der Waals surface area contributed by atoms with Gasteiger partial charge in [0.1, 0.15) is 17.5 Å². The number of carbonyl (C=O) groups excluding carboxylic acids is 1. The summed E-state index contributed by atoms with van der Waals surface area (Å²) >= 11 is 6.37. The molecular formula is C21H21ClN2O2. The lowest BCUT2D eigenvalue weighted by Crippen LogP contribution is -2.32. The smallest absolute Gasteiger partial charge is 0.268 e. The van der Waals surface area contributed by atoms with Crippen molar-refractivity contribution in [3.8, 4) is 5.75 Å². The Morgan fingerprint density at radius 1 is 1.31 bits per heavy atom. The molecule has 1 aromatic heterocycles. The van der Waals surface area contributed by atoms with Crippen LogP contribution in [0.25, 0.3) is 10.9 Å². The van der Waals surface area contributed by atoms with Crippen LogP contribution in [0.4, 0.5) is 0 Å². The maximum atomic E-state index is 13.0. The van der Waals surface area contributed by atoms with E-state index >= 15 is 0 Å². The molecule has 2 aromatic carbocycles. The number of amides is 1. The van der Waals surface area contributed by atoms with Gasteiger partial charge in [0.05, 0.1) is 23.1 Å². The Labute approximate surface area is 157 Å². The quantitative estimate of drug-likeness (QED) is 0.707. The average Bonchev–Trinajstić information content (AvgIpc) is 3.06. The molecule has 0 radical (unpaired) electrons. The van der Waals surface area contributed by atoms with Gasteiger partial charge >= 0.3 is 0 Å². The first-order valence-corrected chi connectivity index (χ1v) is 9.30. The summed E-state index contributed by atoms with van der Waals surface area (Å²) in [6.45, 7) is 4.72. The van der Waals surface area contributed by atoms with E-state index in [2.05, 4.69) is 12.2 Å². The van der Waals surface area contributed by atoms with E-state index in [1.54, 1.807) is 0 Å². The molecule has 0 saturated carbocycles. The van der Waals surface area contributed by atoms with E-state index in [1.165, 1.54) is 0 Å². The van der Waals surface area contributed by atoms with E-state index in [4.69, 9.17) is 16.3 Å². The van der Waals surface area contributed by atoms with Crippen LogP contribution in [0.3, 0.4) is 0 Å². The van der Waals surface area contributed by atoms with Crippen molar-refractivity contribution in [3.63, 3.8) is 0 Å². The Hall–Kier alpha value is -2.46. The molecule has 134 valence electrons. The Bertz CT molecular complexity index is 965. The number of rotatable bonds is 4. The van der Waals surface area contributed by atoms with Crippen LogP contribution < -0.4 is 10.1 Å². The molecule has 26 heavy (non-hydrogen) atoms. The average molecular weight is 369 g/mol. The third-order valence-corrected chi connectivity index (χ3v) is 5.31. The molecule has 2 atom stereocenters. The van der Waals surface area contributed by atoms with Crippen LogP contribution in [0.1, 0.15) is 42.4 Å². The summed E-state index contributed by atoms with van der Waals surface area (Å²) in [6, 6.07) is 15.5.